The van der Waals surface area contributed by atoms with E-state index in [9.17, 15) is 9.90 Å². The molecule has 1 unspecified atom stereocenters. The van der Waals surface area contributed by atoms with Crippen LogP contribution in [0.5, 0.6) is 0 Å². The van der Waals surface area contributed by atoms with Crippen molar-refractivity contribution < 1.29 is 9.63 Å². The Balaban J connectivity index is 2.17. The van der Waals surface area contributed by atoms with Crippen molar-refractivity contribution in [1.29, 1.82) is 0 Å². The predicted octanol–water partition coefficient (Wildman–Crippen LogP) is 1.21. The van der Waals surface area contributed by atoms with Crippen LogP contribution >= 0.6 is 0 Å². The third kappa shape index (κ3) is 3.80. The van der Waals surface area contributed by atoms with E-state index < -0.39 is 11.9 Å². The first kappa shape index (κ1) is 15.5. The van der Waals surface area contributed by atoms with Crippen LogP contribution in [-0.4, -0.2) is 45.5 Å². The van der Waals surface area contributed by atoms with E-state index in [0.29, 0.717) is 12.4 Å². The maximum atomic E-state index is 11.8. The van der Waals surface area contributed by atoms with Crippen molar-refractivity contribution in [2.75, 3.05) is 19.6 Å². The summed E-state index contributed by atoms with van der Waals surface area (Å²) in [5, 5.41) is 14.0. The predicted molar refractivity (Wildman–Crippen MR) is 80.0 cm³/mol. The molecule has 6 heteroatoms. The molecule has 0 saturated carbocycles. The second kappa shape index (κ2) is 7.19. The van der Waals surface area contributed by atoms with Crippen LogP contribution in [0.1, 0.15) is 13.8 Å². The fourth-order valence-electron chi connectivity index (χ4n) is 2.27. The molecule has 0 fully saturated rings. The Kier molecular flexibility index (Phi) is 5.30. The third-order valence-electron chi connectivity index (χ3n) is 3.47. The molecule has 1 atom stereocenters. The van der Waals surface area contributed by atoms with E-state index >= 15 is 0 Å². The lowest BCUT2D eigenvalue weighted by molar-refractivity contribution is 0.101. The van der Waals surface area contributed by atoms with Gasteiger partial charge >= 0.3 is 5.76 Å². The number of benzene rings is 1. The lowest BCUT2D eigenvalue weighted by Gasteiger charge is -2.21. The molecule has 6 nitrogen and oxygen atoms in total. The zero-order valence-electron chi connectivity index (χ0n) is 12.4. The first-order valence-corrected chi connectivity index (χ1v) is 7.18. The van der Waals surface area contributed by atoms with Gasteiger partial charge in [0.2, 0.25) is 0 Å². The van der Waals surface area contributed by atoms with E-state index in [4.69, 9.17) is 4.52 Å². The second-order valence-corrected chi connectivity index (χ2v) is 4.89. The first-order chi connectivity index (χ1) is 10.2. The van der Waals surface area contributed by atoms with Crippen molar-refractivity contribution in [2.45, 2.75) is 26.5 Å². The van der Waals surface area contributed by atoms with E-state index in [1.807, 2.05) is 44.2 Å². The molecule has 1 aromatic carbocycles. The third-order valence-corrected chi connectivity index (χ3v) is 3.47. The summed E-state index contributed by atoms with van der Waals surface area (Å²) in [5.74, 6) is -0.105. The summed E-state index contributed by atoms with van der Waals surface area (Å²) in [5.41, 5.74) is 0.790. The molecule has 0 radical (unpaired) electrons. The average molecular weight is 291 g/mol. The summed E-state index contributed by atoms with van der Waals surface area (Å²) in [6, 6.07) is 9.33. The van der Waals surface area contributed by atoms with E-state index in [1.165, 1.54) is 4.57 Å². The van der Waals surface area contributed by atoms with Gasteiger partial charge in [-0.2, -0.15) is 0 Å². The minimum Gasteiger partial charge on any atom is -0.390 e. The SMILES string of the molecule is CCN(CC)CC(O)Cn1c(-c2ccccc2)noc1=O. The summed E-state index contributed by atoms with van der Waals surface area (Å²) in [4.78, 5) is 13.9. The Morgan fingerprint density at radius 3 is 2.57 bits per heavy atom. The topological polar surface area (TPSA) is 71.5 Å². The normalized spacial score (nSPS) is 12.8. The van der Waals surface area contributed by atoms with Crippen LogP contribution in [0.4, 0.5) is 0 Å². The Hall–Kier alpha value is -1.92. The molecule has 2 aromatic rings. The number of aliphatic hydroxyl groups excluding tert-OH is 1. The van der Waals surface area contributed by atoms with Crippen LogP contribution in [-0.2, 0) is 6.54 Å². The van der Waals surface area contributed by atoms with Gasteiger partial charge in [0.05, 0.1) is 12.6 Å². The van der Waals surface area contributed by atoms with Crippen LogP contribution in [0.2, 0.25) is 0 Å². The summed E-state index contributed by atoms with van der Waals surface area (Å²) in [6.07, 6.45) is -0.649. The lowest BCUT2D eigenvalue weighted by Crippen LogP contribution is -2.36. The average Bonchev–Trinajstić information content (AvgIpc) is 2.87. The Labute approximate surface area is 123 Å². The maximum absolute atomic E-state index is 11.8. The fourth-order valence-corrected chi connectivity index (χ4v) is 2.27. The number of hydrogen-bond donors (Lipinski definition) is 1. The summed E-state index contributed by atoms with van der Waals surface area (Å²) >= 11 is 0. The lowest BCUT2D eigenvalue weighted by atomic mass is 10.2. The van der Waals surface area contributed by atoms with Crippen LogP contribution in [0.3, 0.4) is 0 Å². The number of aliphatic hydroxyl groups is 1. The van der Waals surface area contributed by atoms with Crippen molar-refractivity contribution in [3.8, 4) is 11.4 Å². The van der Waals surface area contributed by atoms with Crippen LogP contribution in [0.15, 0.2) is 39.6 Å². The number of rotatable bonds is 7. The van der Waals surface area contributed by atoms with Crippen molar-refractivity contribution in [3.63, 3.8) is 0 Å². The minimum absolute atomic E-state index is 0.170. The Morgan fingerprint density at radius 1 is 1.29 bits per heavy atom. The molecule has 114 valence electrons. The maximum Gasteiger partial charge on any atom is 0.441 e. The minimum atomic E-state index is -0.649. The van der Waals surface area contributed by atoms with Gasteiger partial charge in [-0.05, 0) is 13.1 Å². The molecule has 0 aliphatic rings. The molecular formula is C15H21N3O3. The van der Waals surface area contributed by atoms with Crippen molar-refractivity contribution in [2.24, 2.45) is 0 Å². The quantitative estimate of drug-likeness (QED) is 0.830. The van der Waals surface area contributed by atoms with Crippen LogP contribution in [0, 0.1) is 0 Å². The van der Waals surface area contributed by atoms with Gasteiger partial charge in [-0.15, -0.1) is 0 Å². The summed E-state index contributed by atoms with van der Waals surface area (Å²) in [7, 11) is 0. The molecule has 1 heterocycles. The molecule has 0 aliphatic carbocycles. The molecule has 0 spiro atoms. The molecule has 2 rings (SSSR count). The van der Waals surface area contributed by atoms with E-state index in [1.54, 1.807) is 0 Å². The highest BCUT2D eigenvalue weighted by Gasteiger charge is 2.17. The highest BCUT2D eigenvalue weighted by Crippen LogP contribution is 2.15. The monoisotopic (exact) mass is 291 g/mol. The van der Waals surface area contributed by atoms with Gasteiger partial charge in [0.1, 0.15) is 0 Å². The molecule has 0 saturated heterocycles. The van der Waals surface area contributed by atoms with Gasteiger partial charge in [0.25, 0.3) is 0 Å². The van der Waals surface area contributed by atoms with E-state index in [-0.39, 0.29) is 6.54 Å². The van der Waals surface area contributed by atoms with Crippen molar-refractivity contribution in [1.82, 2.24) is 14.6 Å². The molecule has 1 aromatic heterocycles. The fraction of sp³-hybridized carbons (Fsp3) is 0.467. The smallest absolute Gasteiger partial charge is 0.390 e. The zero-order chi connectivity index (χ0) is 15.2. The highest BCUT2D eigenvalue weighted by atomic mass is 16.5. The molecule has 21 heavy (non-hydrogen) atoms. The van der Waals surface area contributed by atoms with Crippen LogP contribution in [0.25, 0.3) is 11.4 Å². The van der Waals surface area contributed by atoms with Crippen molar-refractivity contribution >= 4 is 0 Å². The molecule has 1 N–H and O–H groups in total. The van der Waals surface area contributed by atoms with E-state index in [2.05, 4.69) is 10.1 Å². The molecule has 0 amide bonds. The van der Waals surface area contributed by atoms with Gasteiger partial charge < -0.3 is 10.0 Å². The molecule has 0 aliphatic heterocycles. The van der Waals surface area contributed by atoms with Gasteiger partial charge in [0.15, 0.2) is 5.82 Å². The number of likely N-dealkylation sites (N-methyl/N-ethyl adjacent to an activating group) is 1. The van der Waals surface area contributed by atoms with Gasteiger partial charge in [0, 0.05) is 12.1 Å². The second-order valence-electron chi connectivity index (χ2n) is 4.89. The molecular weight excluding hydrogens is 270 g/mol. The summed E-state index contributed by atoms with van der Waals surface area (Å²) < 4.78 is 6.12. The van der Waals surface area contributed by atoms with Gasteiger partial charge in [-0.1, -0.05) is 49.3 Å². The largest absolute Gasteiger partial charge is 0.441 e. The summed E-state index contributed by atoms with van der Waals surface area (Å²) in [6.45, 7) is 6.48. The number of hydrogen-bond acceptors (Lipinski definition) is 5. The van der Waals surface area contributed by atoms with Gasteiger partial charge in [-0.3, -0.25) is 9.09 Å². The van der Waals surface area contributed by atoms with Crippen molar-refractivity contribution in [3.05, 3.63) is 40.9 Å². The first-order valence-electron chi connectivity index (χ1n) is 7.18. The standard InChI is InChI=1S/C15H21N3O3/c1-3-17(4-2)10-13(19)11-18-14(16-21-15(18)20)12-8-6-5-7-9-12/h5-9,13,19H,3-4,10-11H2,1-2H3. The Morgan fingerprint density at radius 2 is 1.95 bits per heavy atom. The van der Waals surface area contributed by atoms with Gasteiger partial charge in [-0.25, -0.2) is 4.79 Å². The molecule has 0 bridgehead atoms. The highest BCUT2D eigenvalue weighted by molar-refractivity contribution is 5.54. The number of aromatic nitrogens is 2. The zero-order valence-corrected chi connectivity index (χ0v) is 12.4. The Bertz CT molecular complexity index is 602. The van der Waals surface area contributed by atoms with E-state index in [0.717, 1.165) is 18.7 Å². The number of nitrogens with zero attached hydrogens (tertiary/aromatic N) is 3. The van der Waals surface area contributed by atoms with Crippen LogP contribution < -0.4 is 5.76 Å².